The molecule has 1 saturated heterocycles. The van der Waals surface area contributed by atoms with Crippen LogP contribution in [0.2, 0.25) is 0 Å². The van der Waals surface area contributed by atoms with E-state index in [1.165, 1.54) is 23.9 Å². The molecule has 0 aromatic carbocycles. The summed E-state index contributed by atoms with van der Waals surface area (Å²) < 4.78 is 16.1. The van der Waals surface area contributed by atoms with Gasteiger partial charge >= 0.3 is 11.7 Å². The molecule has 2 heterocycles. The molecular formula is C14H19N3O7. The summed E-state index contributed by atoms with van der Waals surface area (Å²) in [6.07, 6.45) is 0.572. The van der Waals surface area contributed by atoms with Crippen LogP contribution in [0.4, 0.5) is 5.82 Å². The minimum absolute atomic E-state index is 0.108. The van der Waals surface area contributed by atoms with E-state index in [-0.39, 0.29) is 43.7 Å². The summed E-state index contributed by atoms with van der Waals surface area (Å²) in [5.74, 6) is -0.634. The number of carbonyl (C=O) groups excluding carboxylic acids is 2. The van der Waals surface area contributed by atoms with Crippen molar-refractivity contribution in [3.05, 3.63) is 22.7 Å². The van der Waals surface area contributed by atoms with Crippen LogP contribution >= 0.6 is 0 Å². The third-order valence-corrected chi connectivity index (χ3v) is 3.30. The zero-order valence-electron chi connectivity index (χ0n) is 13.1. The molecule has 2 N–H and O–H groups in total. The number of aliphatic hydroxyl groups is 1. The Labute approximate surface area is 137 Å². The molecule has 1 aliphatic heterocycles. The summed E-state index contributed by atoms with van der Waals surface area (Å²) in [5, 5.41) is 11.4. The van der Waals surface area contributed by atoms with Crippen molar-refractivity contribution < 1.29 is 28.9 Å². The van der Waals surface area contributed by atoms with Gasteiger partial charge in [0.1, 0.15) is 5.82 Å². The number of hydrogen-bond donors (Lipinski definition) is 2. The normalized spacial score (nSPS) is 19.9. The number of amides is 1. The Bertz CT molecular complexity index is 646. The van der Waals surface area contributed by atoms with Gasteiger partial charge in [0.05, 0.1) is 20.3 Å². The van der Waals surface area contributed by atoms with Crippen LogP contribution in [-0.4, -0.2) is 53.1 Å². The quantitative estimate of drug-likeness (QED) is 0.628. The van der Waals surface area contributed by atoms with E-state index in [2.05, 4.69) is 15.0 Å². The molecule has 2 rings (SSSR count). The van der Waals surface area contributed by atoms with Gasteiger partial charge in [-0.25, -0.2) is 4.79 Å². The van der Waals surface area contributed by atoms with Crippen LogP contribution in [0, 0.1) is 0 Å². The number of hydrogen-bond acceptors (Lipinski definition) is 8. The van der Waals surface area contributed by atoms with E-state index in [1.807, 2.05) is 0 Å². The summed E-state index contributed by atoms with van der Waals surface area (Å²) in [7, 11) is 1.28. The van der Waals surface area contributed by atoms with E-state index >= 15 is 0 Å². The number of aliphatic hydroxyl groups excluding tert-OH is 1. The highest BCUT2D eigenvalue weighted by molar-refractivity contribution is 5.89. The highest BCUT2D eigenvalue weighted by Crippen LogP contribution is 2.19. The molecule has 10 heteroatoms. The van der Waals surface area contributed by atoms with Crippen LogP contribution in [0.5, 0.6) is 0 Å². The van der Waals surface area contributed by atoms with Crippen molar-refractivity contribution in [1.82, 2.24) is 9.55 Å². The highest BCUT2D eigenvalue weighted by atomic mass is 16.7. The van der Waals surface area contributed by atoms with Crippen LogP contribution in [0.25, 0.3) is 0 Å². The lowest BCUT2D eigenvalue weighted by Gasteiger charge is -2.12. The zero-order valence-corrected chi connectivity index (χ0v) is 13.1. The minimum Gasteiger partial charge on any atom is -0.469 e. The fourth-order valence-electron chi connectivity index (χ4n) is 2.09. The number of aromatic nitrogens is 2. The number of ether oxygens (including phenoxy) is 3. The van der Waals surface area contributed by atoms with Gasteiger partial charge in [-0.2, -0.15) is 4.98 Å². The Balaban J connectivity index is 1.89. The molecule has 10 nitrogen and oxygen atoms in total. The van der Waals surface area contributed by atoms with Crippen LogP contribution in [-0.2, 0) is 23.8 Å². The molecule has 0 bridgehead atoms. The first-order chi connectivity index (χ1) is 11.5. The second-order valence-electron chi connectivity index (χ2n) is 5.02. The van der Waals surface area contributed by atoms with E-state index < -0.39 is 18.2 Å². The molecule has 1 aromatic heterocycles. The first kappa shape index (κ1) is 18.0. The Morgan fingerprint density at radius 3 is 2.92 bits per heavy atom. The summed E-state index contributed by atoms with van der Waals surface area (Å²) in [4.78, 5) is 38.4. The Hall–Kier alpha value is -2.30. The average molecular weight is 341 g/mol. The van der Waals surface area contributed by atoms with E-state index in [4.69, 9.17) is 14.6 Å². The molecule has 2 atom stereocenters. The topological polar surface area (TPSA) is 129 Å². The van der Waals surface area contributed by atoms with Gasteiger partial charge in [-0.15, -0.1) is 0 Å². The smallest absolute Gasteiger partial charge is 0.351 e. The summed E-state index contributed by atoms with van der Waals surface area (Å²) in [5.41, 5.74) is -0.616. The van der Waals surface area contributed by atoms with E-state index in [0.29, 0.717) is 6.42 Å². The largest absolute Gasteiger partial charge is 0.469 e. The second kappa shape index (κ2) is 8.52. The second-order valence-corrected chi connectivity index (χ2v) is 5.02. The van der Waals surface area contributed by atoms with Crippen molar-refractivity contribution >= 4 is 17.7 Å². The fourth-order valence-corrected chi connectivity index (χ4v) is 2.09. The predicted molar refractivity (Wildman–Crippen MR) is 79.9 cm³/mol. The molecule has 24 heavy (non-hydrogen) atoms. The number of nitrogens with one attached hydrogen (secondary N) is 1. The highest BCUT2D eigenvalue weighted by Gasteiger charge is 2.27. The Morgan fingerprint density at radius 2 is 2.29 bits per heavy atom. The van der Waals surface area contributed by atoms with Crippen LogP contribution < -0.4 is 11.0 Å². The van der Waals surface area contributed by atoms with Crippen LogP contribution in [0.15, 0.2) is 17.1 Å². The molecular weight excluding hydrogens is 322 g/mol. The predicted octanol–water partition coefficient (Wildman–Crippen LogP) is -0.611. The van der Waals surface area contributed by atoms with Crippen molar-refractivity contribution in [3.63, 3.8) is 0 Å². The molecule has 1 amide bonds. The number of nitrogens with zero attached hydrogens (tertiary/aromatic N) is 2. The maximum Gasteiger partial charge on any atom is 0.351 e. The molecule has 1 fully saturated rings. The van der Waals surface area contributed by atoms with Crippen LogP contribution in [0.3, 0.4) is 0 Å². The fraction of sp³-hybridized carbons (Fsp3) is 0.571. The summed E-state index contributed by atoms with van der Waals surface area (Å²) in [6, 6.07) is 1.45. The lowest BCUT2D eigenvalue weighted by atomic mass is 10.2. The van der Waals surface area contributed by atoms with E-state index in [1.54, 1.807) is 0 Å². The minimum atomic E-state index is -0.768. The van der Waals surface area contributed by atoms with Gasteiger partial charge in [-0.3, -0.25) is 14.2 Å². The van der Waals surface area contributed by atoms with Gasteiger partial charge in [0.15, 0.2) is 12.5 Å². The lowest BCUT2D eigenvalue weighted by molar-refractivity contribution is -0.140. The standard InChI is InChI=1S/C14H19N3O7/c1-22-12(20)4-2-3-10(19)15-9-5-6-17(14(21)16-9)11-8-23-13(7-18)24-11/h5-6,11,13,18H,2-4,7-8H2,1H3,(H,15,16,19,21)/t11-,13-/m0/s1. The van der Waals surface area contributed by atoms with E-state index in [0.717, 1.165) is 0 Å². The van der Waals surface area contributed by atoms with Gasteiger partial charge in [0, 0.05) is 19.0 Å². The van der Waals surface area contributed by atoms with Crippen molar-refractivity contribution in [3.8, 4) is 0 Å². The molecule has 0 unspecified atom stereocenters. The molecule has 0 radical (unpaired) electrons. The Morgan fingerprint density at radius 1 is 1.50 bits per heavy atom. The van der Waals surface area contributed by atoms with Crippen LogP contribution in [0.1, 0.15) is 25.5 Å². The first-order valence-electron chi connectivity index (χ1n) is 7.37. The molecule has 1 aromatic rings. The molecule has 0 aliphatic carbocycles. The van der Waals surface area contributed by atoms with Gasteiger partial charge in [-0.05, 0) is 12.5 Å². The number of anilines is 1. The third kappa shape index (κ3) is 4.85. The van der Waals surface area contributed by atoms with Gasteiger partial charge in [0.25, 0.3) is 0 Å². The molecule has 0 saturated carbocycles. The van der Waals surface area contributed by atoms with Gasteiger partial charge in [-0.1, -0.05) is 0 Å². The van der Waals surface area contributed by atoms with Crippen molar-refractivity contribution in [2.24, 2.45) is 0 Å². The molecule has 1 aliphatic rings. The number of carbonyl (C=O) groups is 2. The molecule has 0 spiro atoms. The number of esters is 1. The van der Waals surface area contributed by atoms with Crippen molar-refractivity contribution in [2.45, 2.75) is 31.8 Å². The monoisotopic (exact) mass is 341 g/mol. The maximum atomic E-state index is 12.0. The first-order valence-corrected chi connectivity index (χ1v) is 7.37. The maximum absolute atomic E-state index is 12.0. The van der Waals surface area contributed by atoms with Gasteiger partial charge in [0.2, 0.25) is 5.91 Å². The van der Waals surface area contributed by atoms with Crippen molar-refractivity contribution in [2.75, 3.05) is 25.6 Å². The Kier molecular flexibility index (Phi) is 6.41. The van der Waals surface area contributed by atoms with Gasteiger partial charge < -0.3 is 24.6 Å². The number of methoxy groups -OCH3 is 1. The van der Waals surface area contributed by atoms with Crippen molar-refractivity contribution in [1.29, 1.82) is 0 Å². The summed E-state index contributed by atoms with van der Waals surface area (Å²) >= 11 is 0. The summed E-state index contributed by atoms with van der Waals surface area (Å²) in [6.45, 7) is -0.190. The molecule has 132 valence electrons. The third-order valence-electron chi connectivity index (χ3n) is 3.30. The SMILES string of the molecule is COC(=O)CCCC(=O)Nc1ccn([C@@H]2CO[C@H](CO)O2)c(=O)n1. The lowest BCUT2D eigenvalue weighted by Crippen LogP contribution is -2.29. The van der Waals surface area contributed by atoms with E-state index in [9.17, 15) is 14.4 Å². The average Bonchev–Trinajstić information content (AvgIpc) is 3.03. The number of rotatable bonds is 7. The zero-order chi connectivity index (χ0) is 17.5.